The van der Waals surface area contributed by atoms with Gasteiger partial charge in [-0.1, -0.05) is 164 Å². The summed E-state index contributed by atoms with van der Waals surface area (Å²) in [5.41, 5.74) is 0. The molecule has 0 N–H and O–H groups in total. The van der Waals surface area contributed by atoms with Gasteiger partial charge in [-0.05, 0) is 16.9 Å². The molecule has 0 saturated heterocycles. The summed E-state index contributed by atoms with van der Waals surface area (Å²) < 4.78 is 1.34. The van der Waals surface area contributed by atoms with E-state index in [-0.39, 0.29) is 0 Å². The van der Waals surface area contributed by atoms with Crippen LogP contribution in [0.25, 0.3) is 0 Å². The summed E-state index contributed by atoms with van der Waals surface area (Å²) in [6.45, 7) is 4.54. The third-order valence-corrected chi connectivity index (χ3v) is 8.78. The highest BCUT2D eigenvalue weighted by atomic mass is 127. The molecule has 0 unspecified atom stereocenters. The molecular formula is C25H52ClISi. The second kappa shape index (κ2) is 22.9. The Hall–Kier alpha value is 1.24. The van der Waals surface area contributed by atoms with Gasteiger partial charge in [-0.15, -0.1) is 0 Å². The minimum absolute atomic E-state index is 1.30. The molecule has 0 atom stereocenters. The van der Waals surface area contributed by atoms with Gasteiger partial charge >= 0.3 is 0 Å². The van der Waals surface area contributed by atoms with E-state index in [0.717, 1.165) is 0 Å². The van der Waals surface area contributed by atoms with Crippen molar-refractivity contribution in [2.24, 2.45) is 0 Å². The minimum atomic E-state index is -1.30. The topological polar surface area (TPSA) is 0 Å². The fourth-order valence-electron chi connectivity index (χ4n) is 4.00. The normalized spacial score (nSPS) is 12.0. The number of rotatable bonds is 23. The summed E-state index contributed by atoms with van der Waals surface area (Å²) >= 11 is 8.86. The van der Waals surface area contributed by atoms with Crippen LogP contribution in [0.4, 0.5) is 0 Å². The van der Waals surface area contributed by atoms with E-state index in [1.807, 2.05) is 0 Å². The average molecular weight is 543 g/mol. The molecule has 0 aromatic carbocycles. The van der Waals surface area contributed by atoms with Crippen molar-refractivity contribution in [1.29, 1.82) is 0 Å². The van der Waals surface area contributed by atoms with Crippen LogP contribution >= 0.6 is 33.7 Å². The molecule has 0 aromatic heterocycles. The van der Waals surface area contributed by atoms with Gasteiger partial charge in [-0.3, -0.25) is 0 Å². The molecule has 0 heterocycles. The van der Waals surface area contributed by atoms with Gasteiger partial charge < -0.3 is 0 Å². The summed E-state index contributed by atoms with van der Waals surface area (Å²) in [6.07, 6.45) is 30.7. The van der Waals surface area contributed by atoms with Gasteiger partial charge in [0.1, 0.15) is 7.38 Å². The largest absolute Gasteiger partial charge is 0.168 e. The van der Waals surface area contributed by atoms with Crippen molar-refractivity contribution in [3.63, 3.8) is 0 Å². The monoisotopic (exact) mass is 542 g/mol. The third kappa shape index (κ3) is 27.2. The predicted octanol–water partition coefficient (Wildman–Crippen LogP) is 11.1. The molecule has 0 saturated carbocycles. The maximum atomic E-state index is 6.37. The Bertz CT molecular complexity index is 291. The molecule has 0 aliphatic carbocycles. The summed E-state index contributed by atoms with van der Waals surface area (Å²) in [5.74, 6) is 0. The van der Waals surface area contributed by atoms with E-state index >= 15 is 0 Å². The van der Waals surface area contributed by atoms with Gasteiger partial charge in [-0.25, -0.2) is 0 Å². The molecule has 0 aliphatic heterocycles. The Morgan fingerprint density at radius 3 is 0.857 bits per heavy atom. The van der Waals surface area contributed by atoms with Crippen LogP contribution in [0.5, 0.6) is 0 Å². The Labute approximate surface area is 198 Å². The average Bonchev–Trinajstić information content (AvgIpc) is 2.65. The van der Waals surface area contributed by atoms with Crippen molar-refractivity contribution in [2.45, 2.75) is 154 Å². The number of hydrogen-bond acceptors (Lipinski definition) is 0. The Kier molecular flexibility index (Phi) is 23.9. The van der Waals surface area contributed by atoms with Gasteiger partial charge in [-0.2, -0.15) is 11.1 Å². The quantitative estimate of drug-likeness (QED) is 0.0396. The standard InChI is InChI=1S/C25H52ClISi/c1-28(2,26)25-23-21-19-17-15-13-11-9-7-5-3-4-6-8-10-12-14-16-18-20-22-24-27/h3-25H2,1-2H3. The van der Waals surface area contributed by atoms with Gasteiger partial charge in [0, 0.05) is 0 Å². The lowest BCUT2D eigenvalue weighted by molar-refractivity contribution is 0.521. The first-order valence-corrected chi connectivity index (χ1v) is 18.6. The van der Waals surface area contributed by atoms with Gasteiger partial charge in [0.05, 0.1) is 0 Å². The molecule has 0 bridgehead atoms. The van der Waals surface area contributed by atoms with E-state index in [2.05, 4.69) is 35.7 Å². The molecule has 28 heavy (non-hydrogen) atoms. The summed E-state index contributed by atoms with van der Waals surface area (Å²) in [4.78, 5) is 0. The van der Waals surface area contributed by atoms with Crippen molar-refractivity contribution in [3.05, 3.63) is 0 Å². The minimum Gasteiger partial charge on any atom is -0.168 e. The van der Waals surface area contributed by atoms with Crippen LogP contribution in [0.15, 0.2) is 0 Å². The molecular weight excluding hydrogens is 491 g/mol. The lowest BCUT2D eigenvalue weighted by Gasteiger charge is -2.11. The Morgan fingerprint density at radius 2 is 0.643 bits per heavy atom. The van der Waals surface area contributed by atoms with Crippen molar-refractivity contribution in [1.82, 2.24) is 0 Å². The molecule has 170 valence electrons. The van der Waals surface area contributed by atoms with Crippen molar-refractivity contribution < 1.29 is 0 Å². The van der Waals surface area contributed by atoms with E-state index in [1.54, 1.807) is 0 Å². The first-order chi connectivity index (χ1) is 13.6. The van der Waals surface area contributed by atoms with Crippen LogP contribution in [-0.4, -0.2) is 11.8 Å². The fraction of sp³-hybridized carbons (Fsp3) is 1.00. The lowest BCUT2D eigenvalue weighted by atomic mass is 10.0. The molecule has 0 radical (unpaired) electrons. The molecule has 0 fully saturated rings. The number of hydrogen-bond donors (Lipinski definition) is 0. The second-order valence-electron chi connectivity index (χ2n) is 9.58. The van der Waals surface area contributed by atoms with E-state index in [1.165, 1.54) is 145 Å². The second-order valence-corrected chi connectivity index (χ2v) is 17.7. The van der Waals surface area contributed by atoms with E-state index < -0.39 is 7.38 Å². The number of alkyl halides is 1. The third-order valence-electron chi connectivity index (χ3n) is 5.90. The van der Waals surface area contributed by atoms with Gasteiger partial charge in [0.15, 0.2) is 0 Å². The van der Waals surface area contributed by atoms with Gasteiger partial charge in [0.25, 0.3) is 0 Å². The first kappa shape index (κ1) is 29.2. The molecule has 0 nitrogen and oxygen atoms in total. The molecule has 0 aliphatic rings. The maximum absolute atomic E-state index is 6.37. The maximum Gasteiger partial charge on any atom is 0.150 e. The highest BCUT2D eigenvalue weighted by Gasteiger charge is 2.15. The number of unbranched alkanes of at least 4 members (excludes halogenated alkanes) is 20. The summed E-state index contributed by atoms with van der Waals surface area (Å²) in [5, 5.41) is 0. The van der Waals surface area contributed by atoms with Crippen molar-refractivity contribution >= 4 is 41.1 Å². The predicted molar refractivity (Wildman–Crippen MR) is 144 cm³/mol. The Balaban J connectivity index is 3.01. The summed E-state index contributed by atoms with van der Waals surface area (Å²) in [7, 11) is -1.30. The zero-order chi connectivity index (χ0) is 20.8. The zero-order valence-electron chi connectivity index (χ0n) is 19.5. The molecule has 0 rings (SSSR count). The first-order valence-electron chi connectivity index (χ1n) is 12.8. The van der Waals surface area contributed by atoms with Crippen molar-refractivity contribution in [3.8, 4) is 0 Å². The lowest BCUT2D eigenvalue weighted by Crippen LogP contribution is -2.14. The zero-order valence-corrected chi connectivity index (χ0v) is 23.4. The van der Waals surface area contributed by atoms with Crippen molar-refractivity contribution in [2.75, 3.05) is 4.43 Å². The highest BCUT2D eigenvalue weighted by Crippen LogP contribution is 2.19. The number of halogens is 2. The van der Waals surface area contributed by atoms with E-state index in [9.17, 15) is 0 Å². The summed E-state index contributed by atoms with van der Waals surface area (Å²) in [6, 6.07) is 1.30. The van der Waals surface area contributed by atoms with Crippen LogP contribution in [-0.2, 0) is 0 Å². The van der Waals surface area contributed by atoms with Crippen LogP contribution in [0.2, 0.25) is 19.1 Å². The highest BCUT2D eigenvalue weighted by molar-refractivity contribution is 14.1. The van der Waals surface area contributed by atoms with Crippen LogP contribution in [0, 0.1) is 0 Å². The van der Waals surface area contributed by atoms with E-state index in [4.69, 9.17) is 11.1 Å². The smallest absolute Gasteiger partial charge is 0.150 e. The van der Waals surface area contributed by atoms with Gasteiger partial charge in [0.2, 0.25) is 0 Å². The molecule has 0 spiro atoms. The van der Waals surface area contributed by atoms with Crippen LogP contribution in [0.1, 0.15) is 135 Å². The molecule has 0 amide bonds. The molecule has 0 aromatic rings. The van der Waals surface area contributed by atoms with E-state index in [0.29, 0.717) is 0 Å². The Morgan fingerprint density at radius 1 is 0.429 bits per heavy atom. The van der Waals surface area contributed by atoms with Crippen LogP contribution in [0.3, 0.4) is 0 Å². The molecule has 3 heteroatoms. The van der Waals surface area contributed by atoms with Crippen LogP contribution < -0.4 is 0 Å². The SMILES string of the molecule is C[Si](C)(Cl)CCCCCCCCCCCCCCCCCCCCCCCI. The fourth-order valence-corrected chi connectivity index (χ4v) is 6.03.